The molecule has 0 saturated heterocycles. The zero-order valence-corrected chi connectivity index (χ0v) is 11.0. The van der Waals surface area contributed by atoms with Crippen LogP contribution in [0.2, 0.25) is 0 Å². The van der Waals surface area contributed by atoms with Crippen molar-refractivity contribution in [3.05, 3.63) is 39.4 Å². The average Bonchev–Trinajstić information content (AvgIpc) is 2.34. The van der Waals surface area contributed by atoms with Crippen LogP contribution in [0.5, 0.6) is 0 Å². The molecule has 0 radical (unpaired) electrons. The normalized spacial score (nSPS) is 12.1. The summed E-state index contributed by atoms with van der Waals surface area (Å²) in [5, 5.41) is 30.0. The first-order valence-corrected chi connectivity index (χ1v) is 6.34. The van der Waals surface area contributed by atoms with Crippen LogP contribution in [0.4, 0.5) is 5.69 Å². The van der Waals surface area contributed by atoms with Crippen LogP contribution in [-0.4, -0.2) is 26.4 Å². The van der Waals surface area contributed by atoms with E-state index in [1.54, 1.807) is 6.07 Å². The van der Waals surface area contributed by atoms with Gasteiger partial charge in [-0.15, -0.1) is 0 Å². The molecule has 0 fully saturated rings. The predicted octanol–water partition coefficient (Wildman–Crippen LogP) is 2.04. The van der Waals surface area contributed by atoms with E-state index in [2.05, 4.69) is 15.9 Å². The Morgan fingerprint density at radius 2 is 2.17 bits per heavy atom. The van der Waals surface area contributed by atoms with Crippen LogP contribution in [0.1, 0.15) is 23.7 Å². The van der Waals surface area contributed by atoms with Crippen LogP contribution < -0.4 is 0 Å². The summed E-state index contributed by atoms with van der Waals surface area (Å²) in [6, 6.07) is 4.27. The summed E-state index contributed by atoms with van der Waals surface area (Å²) in [6.45, 7) is 0. The quantitative estimate of drug-likeness (QED) is 0.475. The predicted molar refractivity (Wildman–Crippen MR) is 67.8 cm³/mol. The number of nitro groups is 1. The zero-order valence-electron chi connectivity index (χ0n) is 9.38. The minimum absolute atomic E-state index is 0.129. The number of carbonyl (C=O) groups is 1. The van der Waals surface area contributed by atoms with Crippen molar-refractivity contribution in [3.63, 3.8) is 0 Å². The molecule has 0 aliphatic rings. The Morgan fingerprint density at radius 3 is 2.67 bits per heavy atom. The molecule has 0 aromatic heterocycles. The smallest absolute Gasteiger partial charge is 0.337 e. The van der Waals surface area contributed by atoms with Gasteiger partial charge in [0.1, 0.15) is 0 Å². The molecule has 1 unspecified atom stereocenters. The number of nitro benzene ring substituents is 1. The molecule has 0 heterocycles. The number of aliphatic hydroxyl groups is 1. The molecule has 0 amide bonds. The maximum absolute atomic E-state index is 10.9. The molecule has 1 atom stereocenters. The van der Waals surface area contributed by atoms with Gasteiger partial charge in [0.05, 0.1) is 10.5 Å². The standard InChI is InChI=1S/C11H12BrNO5/c12-6-2-4-7-3-1-5-8(13(17)18)9(7)10(14)11(15)16/h1,3,5,10,14H,2,4,6H2,(H,15,16). The minimum Gasteiger partial charge on any atom is -0.479 e. The van der Waals surface area contributed by atoms with Gasteiger partial charge < -0.3 is 10.2 Å². The van der Waals surface area contributed by atoms with Crippen LogP contribution in [0.15, 0.2) is 18.2 Å². The number of halogens is 1. The number of hydrogen-bond donors (Lipinski definition) is 2. The van der Waals surface area contributed by atoms with E-state index < -0.39 is 17.0 Å². The topological polar surface area (TPSA) is 101 Å². The molecule has 0 aliphatic carbocycles. The van der Waals surface area contributed by atoms with Gasteiger partial charge in [0.2, 0.25) is 0 Å². The molecule has 1 aromatic rings. The molecule has 6 nitrogen and oxygen atoms in total. The van der Waals surface area contributed by atoms with Gasteiger partial charge in [0.25, 0.3) is 5.69 Å². The Kier molecular flexibility index (Phi) is 5.24. The maximum atomic E-state index is 10.9. The van der Waals surface area contributed by atoms with Crippen molar-refractivity contribution in [1.82, 2.24) is 0 Å². The lowest BCUT2D eigenvalue weighted by Crippen LogP contribution is -2.15. The van der Waals surface area contributed by atoms with Crippen molar-refractivity contribution < 1.29 is 19.9 Å². The first-order valence-electron chi connectivity index (χ1n) is 5.22. The number of hydrogen-bond acceptors (Lipinski definition) is 4. The van der Waals surface area contributed by atoms with E-state index in [9.17, 15) is 20.0 Å². The number of aryl methyl sites for hydroxylation is 1. The summed E-state index contributed by atoms with van der Waals surface area (Å²) in [7, 11) is 0. The second-order valence-corrected chi connectivity index (χ2v) is 4.43. The highest BCUT2D eigenvalue weighted by atomic mass is 79.9. The molecule has 0 bridgehead atoms. The van der Waals surface area contributed by atoms with E-state index in [1.807, 2.05) is 0 Å². The molecule has 0 spiro atoms. The molecule has 1 aromatic carbocycles. The molecular weight excluding hydrogens is 306 g/mol. The summed E-state index contributed by atoms with van der Waals surface area (Å²) in [5.41, 5.74) is -0.00790. The molecule has 7 heteroatoms. The van der Waals surface area contributed by atoms with Gasteiger partial charge in [-0.05, 0) is 18.4 Å². The SMILES string of the molecule is O=C(O)C(O)c1c(CCCBr)cccc1[N+](=O)[O-]. The van der Waals surface area contributed by atoms with Gasteiger partial charge >= 0.3 is 5.97 Å². The average molecular weight is 318 g/mol. The third kappa shape index (κ3) is 3.27. The van der Waals surface area contributed by atoms with Crippen molar-refractivity contribution in [2.45, 2.75) is 18.9 Å². The van der Waals surface area contributed by atoms with Crippen molar-refractivity contribution in [2.75, 3.05) is 5.33 Å². The number of benzene rings is 1. The Labute approximate surface area is 112 Å². The van der Waals surface area contributed by atoms with Gasteiger partial charge in [0, 0.05) is 11.4 Å². The summed E-state index contributed by atoms with van der Waals surface area (Å²) in [6.07, 6.45) is -0.718. The van der Waals surface area contributed by atoms with Crippen LogP contribution in [-0.2, 0) is 11.2 Å². The maximum Gasteiger partial charge on any atom is 0.337 e. The van der Waals surface area contributed by atoms with E-state index >= 15 is 0 Å². The van der Waals surface area contributed by atoms with Crippen molar-refractivity contribution >= 4 is 27.6 Å². The lowest BCUT2D eigenvalue weighted by Gasteiger charge is -2.12. The number of carboxylic acids is 1. The fraction of sp³-hybridized carbons (Fsp3) is 0.364. The summed E-state index contributed by atoms with van der Waals surface area (Å²) in [4.78, 5) is 21.0. The third-order valence-corrected chi connectivity index (χ3v) is 3.02. The minimum atomic E-state index is -1.88. The molecule has 0 saturated carbocycles. The van der Waals surface area contributed by atoms with Crippen LogP contribution in [0.3, 0.4) is 0 Å². The molecule has 2 N–H and O–H groups in total. The Morgan fingerprint density at radius 1 is 1.50 bits per heavy atom. The van der Waals surface area contributed by atoms with Gasteiger partial charge in [-0.2, -0.15) is 0 Å². The second kappa shape index (κ2) is 6.46. The van der Waals surface area contributed by atoms with Gasteiger partial charge in [-0.25, -0.2) is 4.79 Å². The van der Waals surface area contributed by atoms with E-state index in [1.165, 1.54) is 12.1 Å². The van der Waals surface area contributed by atoms with Crippen molar-refractivity contribution in [3.8, 4) is 0 Å². The fourth-order valence-electron chi connectivity index (χ4n) is 1.67. The molecule has 1 rings (SSSR count). The van der Waals surface area contributed by atoms with Crippen LogP contribution in [0, 0.1) is 10.1 Å². The first-order chi connectivity index (χ1) is 8.49. The van der Waals surface area contributed by atoms with E-state index in [0.717, 1.165) is 0 Å². The second-order valence-electron chi connectivity index (χ2n) is 3.64. The van der Waals surface area contributed by atoms with Crippen LogP contribution in [0.25, 0.3) is 0 Å². The highest BCUT2D eigenvalue weighted by molar-refractivity contribution is 9.09. The number of aliphatic hydroxyl groups excluding tert-OH is 1. The lowest BCUT2D eigenvalue weighted by atomic mass is 9.97. The number of aliphatic carboxylic acids is 1. The van der Waals surface area contributed by atoms with Crippen molar-refractivity contribution in [2.24, 2.45) is 0 Å². The van der Waals surface area contributed by atoms with Crippen LogP contribution >= 0.6 is 15.9 Å². The summed E-state index contributed by atoms with van der Waals surface area (Å²) >= 11 is 3.23. The molecule has 98 valence electrons. The van der Waals surface area contributed by atoms with Gasteiger partial charge in [0.15, 0.2) is 6.10 Å². The van der Waals surface area contributed by atoms with Gasteiger partial charge in [-0.1, -0.05) is 28.1 Å². The molecule has 0 aliphatic heterocycles. The number of rotatable bonds is 6. The highest BCUT2D eigenvalue weighted by Crippen LogP contribution is 2.29. The number of alkyl halides is 1. The Hall–Kier alpha value is -1.47. The number of carboxylic acid groups (broad SMARTS) is 1. The largest absolute Gasteiger partial charge is 0.479 e. The van der Waals surface area contributed by atoms with Gasteiger partial charge in [-0.3, -0.25) is 10.1 Å². The first kappa shape index (κ1) is 14.6. The highest BCUT2D eigenvalue weighted by Gasteiger charge is 2.28. The molecular formula is C11H12BrNO5. The lowest BCUT2D eigenvalue weighted by molar-refractivity contribution is -0.386. The summed E-state index contributed by atoms with van der Waals surface area (Å²) in [5.74, 6) is -1.50. The monoisotopic (exact) mass is 317 g/mol. The van der Waals surface area contributed by atoms with E-state index in [-0.39, 0.29) is 11.3 Å². The fourth-order valence-corrected chi connectivity index (χ4v) is 1.95. The zero-order chi connectivity index (χ0) is 13.7. The Bertz CT molecular complexity index is 463. The summed E-state index contributed by atoms with van der Waals surface area (Å²) < 4.78 is 0. The van der Waals surface area contributed by atoms with Crippen molar-refractivity contribution in [1.29, 1.82) is 0 Å². The third-order valence-electron chi connectivity index (χ3n) is 2.46. The number of nitrogens with zero attached hydrogens (tertiary/aromatic N) is 1. The van der Waals surface area contributed by atoms with E-state index in [4.69, 9.17) is 5.11 Å². The van der Waals surface area contributed by atoms with E-state index in [0.29, 0.717) is 23.7 Å². The molecule has 18 heavy (non-hydrogen) atoms. The Balaban J connectivity index is 3.29.